The van der Waals surface area contributed by atoms with E-state index in [4.69, 9.17) is 10.5 Å². The molecule has 218 valence electrons. The number of carbonyl (C=O) groups is 4. The topological polar surface area (TPSA) is 142 Å². The van der Waals surface area contributed by atoms with Gasteiger partial charge in [0.05, 0.1) is 29.1 Å². The van der Waals surface area contributed by atoms with Gasteiger partial charge in [-0.05, 0) is 55.7 Å². The molecule has 11 nitrogen and oxygen atoms in total. The molecule has 2 aromatic rings. The Labute approximate surface area is 241 Å². The number of hydrogen-bond acceptors (Lipinski definition) is 8. The summed E-state index contributed by atoms with van der Waals surface area (Å²) in [6, 6.07) is 11.6. The van der Waals surface area contributed by atoms with Crippen LogP contribution in [0.4, 0.5) is 5.69 Å². The number of piperidine rings is 2. The van der Waals surface area contributed by atoms with Gasteiger partial charge >= 0.3 is 0 Å². The minimum absolute atomic E-state index is 0.0794. The maximum atomic E-state index is 13.1. The molecule has 0 radical (unpaired) electrons. The van der Waals surface area contributed by atoms with Gasteiger partial charge in [-0.1, -0.05) is 19.9 Å². The summed E-state index contributed by atoms with van der Waals surface area (Å²) in [6.45, 7) is 6.57. The van der Waals surface area contributed by atoms with Gasteiger partial charge in [-0.3, -0.25) is 29.4 Å². The van der Waals surface area contributed by atoms with Crippen molar-refractivity contribution in [3.05, 3.63) is 53.6 Å². The Kier molecular flexibility index (Phi) is 8.52. The van der Waals surface area contributed by atoms with Crippen LogP contribution in [0.3, 0.4) is 0 Å². The fourth-order valence-electron chi connectivity index (χ4n) is 5.42. The van der Waals surface area contributed by atoms with Crippen molar-refractivity contribution in [2.75, 3.05) is 31.1 Å². The predicted octanol–water partition coefficient (Wildman–Crippen LogP) is 1.83. The number of amides is 4. The number of nitrogens with one attached hydrogen (secondary N) is 1. The third-order valence-electron chi connectivity index (χ3n) is 7.68. The smallest absolute Gasteiger partial charge is 0.262 e. The van der Waals surface area contributed by atoms with E-state index in [9.17, 15) is 23.4 Å². The molecule has 6 rings (SSSR count). The van der Waals surface area contributed by atoms with Gasteiger partial charge in [0.25, 0.3) is 11.8 Å². The Morgan fingerprint density at radius 3 is 2.34 bits per heavy atom. The fourth-order valence-corrected chi connectivity index (χ4v) is 6.67. The number of fused-ring (bicyclic) bond motifs is 1. The molecule has 2 aromatic carbocycles. The van der Waals surface area contributed by atoms with Crippen LogP contribution >= 0.6 is 0 Å². The highest BCUT2D eigenvalue weighted by Gasteiger charge is 2.45. The molecule has 4 amide bonds. The fraction of sp³-hybridized carbons (Fsp3) is 0.448. The van der Waals surface area contributed by atoms with Crippen molar-refractivity contribution in [2.24, 2.45) is 5.73 Å². The van der Waals surface area contributed by atoms with Crippen molar-refractivity contribution in [3.63, 3.8) is 0 Å². The molecule has 2 atom stereocenters. The van der Waals surface area contributed by atoms with Crippen LogP contribution in [-0.4, -0.2) is 81.4 Å². The Morgan fingerprint density at radius 2 is 1.63 bits per heavy atom. The van der Waals surface area contributed by atoms with Crippen molar-refractivity contribution in [1.29, 1.82) is 0 Å². The second-order valence-electron chi connectivity index (χ2n) is 10.3. The summed E-state index contributed by atoms with van der Waals surface area (Å²) in [7, 11) is -1.26. The molecule has 41 heavy (non-hydrogen) atoms. The molecular formula is C29H35N5O6S. The van der Waals surface area contributed by atoms with Crippen molar-refractivity contribution < 1.29 is 28.1 Å². The van der Waals surface area contributed by atoms with Crippen LogP contribution in [0.25, 0.3) is 0 Å². The van der Waals surface area contributed by atoms with Crippen molar-refractivity contribution >= 4 is 40.3 Å². The van der Waals surface area contributed by atoms with E-state index in [1.54, 1.807) is 18.2 Å². The monoisotopic (exact) mass is 581 g/mol. The number of benzene rings is 2. The lowest BCUT2D eigenvalue weighted by molar-refractivity contribution is -0.136. The van der Waals surface area contributed by atoms with E-state index < -0.39 is 40.7 Å². The molecule has 12 heteroatoms. The van der Waals surface area contributed by atoms with Gasteiger partial charge in [0.1, 0.15) is 28.9 Å². The van der Waals surface area contributed by atoms with Gasteiger partial charge in [0.15, 0.2) is 0 Å². The Balaban J connectivity index is 0.00000165. The number of nitrogens with two attached hydrogens (primary N) is 1. The zero-order chi connectivity index (χ0) is 29.3. The van der Waals surface area contributed by atoms with E-state index in [1.165, 1.54) is 0 Å². The quantitative estimate of drug-likeness (QED) is 0.492. The van der Waals surface area contributed by atoms with Gasteiger partial charge in [-0.2, -0.15) is 0 Å². The SMILES string of the molecule is CC.NC1CCN(S(=O)c2cccc(OC3CN(c4ccc5c(c4)C(=O)N(C4CCC(=O)NC4=O)C5=O)C3)c2)CC1. The second-order valence-corrected chi connectivity index (χ2v) is 11.8. The molecule has 0 aliphatic carbocycles. The molecular weight excluding hydrogens is 546 g/mol. The average molecular weight is 582 g/mol. The first-order chi connectivity index (χ1) is 19.8. The zero-order valence-electron chi connectivity index (χ0n) is 23.2. The number of imide groups is 2. The lowest BCUT2D eigenvalue weighted by Crippen LogP contribution is -2.54. The molecule has 3 fully saturated rings. The molecule has 4 heterocycles. The van der Waals surface area contributed by atoms with E-state index in [1.807, 2.05) is 47.3 Å². The minimum Gasteiger partial charge on any atom is -0.487 e. The highest BCUT2D eigenvalue weighted by Crippen LogP contribution is 2.33. The zero-order valence-corrected chi connectivity index (χ0v) is 24.0. The standard InChI is InChI=1S/C27H29N5O6S.C2H6/c28-16-8-10-31(11-9-16)39(37)20-3-1-2-18(13-20)38-19-14-30(15-19)17-4-5-21-22(12-17)27(36)32(26(21)35)23-6-7-24(33)29-25(23)34;1-2/h1-5,12-13,16,19,23H,6-11,14-15,28H2,(H,29,33,34);1-2H3. The predicted molar refractivity (Wildman–Crippen MR) is 153 cm³/mol. The first-order valence-electron chi connectivity index (χ1n) is 14.1. The van der Waals surface area contributed by atoms with Crippen LogP contribution in [0.1, 0.15) is 60.2 Å². The van der Waals surface area contributed by atoms with E-state index >= 15 is 0 Å². The summed E-state index contributed by atoms with van der Waals surface area (Å²) in [5.74, 6) is -1.44. The van der Waals surface area contributed by atoms with Crippen molar-refractivity contribution in [1.82, 2.24) is 14.5 Å². The van der Waals surface area contributed by atoms with Crippen LogP contribution in [-0.2, 0) is 20.6 Å². The molecule has 0 bridgehead atoms. The Hall–Kier alpha value is -3.61. The van der Waals surface area contributed by atoms with Crippen molar-refractivity contribution in [2.45, 2.75) is 62.6 Å². The molecule has 2 unspecified atom stereocenters. The van der Waals surface area contributed by atoms with Gasteiger partial charge in [-0.25, -0.2) is 8.51 Å². The number of rotatable bonds is 6. The Morgan fingerprint density at radius 1 is 0.927 bits per heavy atom. The minimum atomic E-state index is -1.26. The Bertz CT molecular complexity index is 1390. The van der Waals surface area contributed by atoms with E-state index in [0.29, 0.717) is 36.8 Å². The number of ether oxygens (including phenoxy) is 1. The molecule has 4 aliphatic heterocycles. The summed E-state index contributed by atoms with van der Waals surface area (Å²) in [4.78, 5) is 53.5. The van der Waals surface area contributed by atoms with Crippen LogP contribution in [0.5, 0.6) is 5.75 Å². The summed E-state index contributed by atoms with van der Waals surface area (Å²) in [5, 5.41) is 2.20. The summed E-state index contributed by atoms with van der Waals surface area (Å²) in [6.07, 6.45) is 1.77. The summed E-state index contributed by atoms with van der Waals surface area (Å²) >= 11 is 0. The average Bonchev–Trinajstić information content (AvgIpc) is 3.20. The number of anilines is 1. The number of carbonyl (C=O) groups excluding carboxylic acids is 4. The highest BCUT2D eigenvalue weighted by atomic mass is 32.2. The first kappa shape index (κ1) is 28.9. The molecule has 4 aliphatic rings. The molecule has 0 spiro atoms. The second kappa shape index (κ2) is 12.1. The van der Waals surface area contributed by atoms with E-state index in [-0.39, 0.29) is 36.1 Å². The van der Waals surface area contributed by atoms with Crippen molar-refractivity contribution in [3.8, 4) is 5.75 Å². The van der Waals surface area contributed by atoms with Crippen LogP contribution in [0.2, 0.25) is 0 Å². The summed E-state index contributed by atoms with van der Waals surface area (Å²) in [5.41, 5.74) is 7.25. The number of nitrogens with zero attached hydrogens (tertiary/aromatic N) is 3. The first-order valence-corrected chi connectivity index (χ1v) is 15.2. The maximum absolute atomic E-state index is 13.1. The lowest BCUT2D eigenvalue weighted by Gasteiger charge is -2.40. The lowest BCUT2D eigenvalue weighted by atomic mass is 10.0. The third-order valence-corrected chi connectivity index (χ3v) is 9.17. The van der Waals surface area contributed by atoms with Gasteiger partial charge < -0.3 is 15.4 Å². The molecule has 3 N–H and O–H groups in total. The largest absolute Gasteiger partial charge is 0.487 e. The van der Waals surface area contributed by atoms with Crippen LogP contribution in [0, 0.1) is 0 Å². The number of hydrogen-bond donors (Lipinski definition) is 2. The normalized spacial score (nSPS) is 22.5. The molecule has 0 saturated carbocycles. The highest BCUT2D eigenvalue weighted by molar-refractivity contribution is 7.82. The molecule has 3 saturated heterocycles. The third kappa shape index (κ3) is 5.77. The van der Waals surface area contributed by atoms with Gasteiger partial charge in [0.2, 0.25) is 11.8 Å². The maximum Gasteiger partial charge on any atom is 0.262 e. The van der Waals surface area contributed by atoms with E-state index in [0.717, 1.165) is 23.4 Å². The van der Waals surface area contributed by atoms with Crippen LogP contribution in [0.15, 0.2) is 47.4 Å². The molecule has 0 aromatic heterocycles. The van der Waals surface area contributed by atoms with Crippen LogP contribution < -0.4 is 20.7 Å². The van der Waals surface area contributed by atoms with Gasteiger partial charge in [0, 0.05) is 31.2 Å². The van der Waals surface area contributed by atoms with Gasteiger partial charge in [-0.15, -0.1) is 0 Å². The van der Waals surface area contributed by atoms with E-state index in [2.05, 4.69) is 5.32 Å². The summed E-state index contributed by atoms with van der Waals surface area (Å²) < 4.78 is 21.1.